The van der Waals surface area contributed by atoms with Gasteiger partial charge in [0, 0.05) is 19.6 Å². The fraction of sp³-hybridized carbons (Fsp3) is 0.643. The summed E-state index contributed by atoms with van der Waals surface area (Å²) >= 11 is 0. The Labute approximate surface area is 110 Å². The van der Waals surface area contributed by atoms with Gasteiger partial charge >= 0.3 is 0 Å². The molecule has 0 aliphatic rings. The van der Waals surface area contributed by atoms with E-state index in [1.54, 1.807) is 6.92 Å². The molecule has 0 saturated heterocycles. The molecule has 0 radical (unpaired) electrons. The SMILES string of the molecule is CCCNC(C)c1ccc(N(C)CC(C)O)cn1. The molecule has 1 rings (SSSR count). The largest absolute Gasteiger partial charge is 0.392 e. The van der Waals surface area contributed by atoms with Crippen LogP contribution in [0.5, 0.6) is 0 Å². The summed E-state index contributed by atoms with van der Waals surface area (Å²) in [5, 5.41) is 12.8. The van der Waals surface area contributed by atoms with Crippen LogP contribution in [0.4, 0.5) is 5.69 Å². The number of hydrogen-bond donors (Lipinski definition) is 2. The van der Waals surface area contributed by atoms with Gasteiger partial charge in [-0.1, -0.05) is 6.92 Å². The van der Waals surface area contributed by atoms with Gasteiger partial charge in [-0.2, -0.15) is 0 Å². The summed E-state index contributed by atoms with van der Waals surface area (Å²) in [6, 6.07) is 4.37. The normalized spacial score (nSPS) is 14.3. The van der Waals surface area contributed by atoms with Gasteiger partial charge in [-0.05, 0) is 38.9 Å². The first-order valence-electron chi connectivity index (χ1n) is 6.63. The van der Waals surface area contributed by atoms with Crippen molar-refractivity contribution in [1.82, 2.24) is 10.3 Å². The van der Waals surface area contributed by atoms with Crippen molar-refractivity contribution in [3.8, 4) is 0 Å². The summed E-state index contributed by atoms with van der Waals surface area (Å²) in [5.41, 5.74) is 2.08. The molecule has 4 nitrogen and oxygen atoms in total. The van der Waals surface area contributed by atoms with E-state index in [0.29, 0.717) is 6.54 Å². The van der Waals surface area contributed by atoms with Crippen molar-refractivity contribution in [3.63, 3.8) is 0 Å². The quantitative estimate of drug-likeness (QED) is 0.778. The fourth-order valence-electron chi connectivity index (χ4n) is 1.85. The topological polar surface area (TPSA) is 48.4 Å². The van der Waals surface area contributed by atoms with Gasteiger partial charge in [0.25, 0.3) is 0 Å². The first-order chi connectivity index (χ1) is 8.54. The molecule has 2 unspecified atom stereocenters. The number of likely N-dealkylation sites (N-methyl/N-ethyl adjacent to an activating group) is 1. The molecule has 4 heteroatoms. The van der Waals surface area contributed by atoms with E-state index in [1.165, 1.54) is 0 Å². The van der Waals surface area contributed by atoms with Crippen LogP contribution in [-0.2, 0) is 0 Å². The fourth-order valence-corrected chi connectivity index (χ4v) is 1.85. The minimum atomic E-state index is -0.333. The summed E-state index contributed by atoms with van der Waals surface area (Å²) in [6.07, 6.45) is 2.65. The van der Waals surface area contributed by atoms with Crippen molar-refractivity contribution in [2.75, 3.05) is 25.0 Å². The maximum absolute atomic E-state index is 9.35. The Morgan fingerprint density at radius 3 is 2.61 bits per heavy atom. The molecule has 0 aliphatic carbocycles. The molecule has 0 amide bonds. The molecular formula is C14H25N3O. The molecule has 102 valence electrons. The molecule has 0 bridgehead atoms. The van der Waals surface area contributed by atoms with Crippen LogP contribution in [0.25, 0.3) is 0 Å². The van der Waals surface area contributed by atoms with E-state index >= 15 is 0 Å². The van der Waals surface area contributed by atoms with Gasteiger partial charge in [0.1, 0.15) is 0 Å². The van der Waals surface area contributed by atoms with Crippen LogP contribution in [-0.4, -0.2) is 36.3 Å². The lowest BCUT2D eigenvalue weighted by Gasteiger charge is -2.21. The third-order valence-electron chi connectivity index (χ3n) is 2.89. The Morgan fingerprint density at radius 1 is 1.39 bits per heavy atom. The molecule has 0 aromatic carbocycles. The number of aliphatic hydroxyl groups excluding tert-OH is 1. The number of pyridine rings is 1. The third kappa shape index (κ3) is 4.63. The van der Waals surface area contributed by atoms with E-state index < -0.39 is 0 Å². The van der Waals surface area contributed by atoms with Crippen LogP contribution in [0.2, 0.25) is 0 Å². The predicted octanol–water partition coefficient (Wildman–Crippen LogP) is 1.96. The highest BCUT2D eigenvalue weighted by Gasteiger charge is 2.08. The number of anilines is 1. The minimum Gasteiger partial charge on any atom is -0.392 e. The molecule has 0 spiro atoms. The molecule has 0 fully saturated rings. The lowest BCUT2D eigenvalue weighted by atomic mass is 10.2. The van der Waals surface area contributed by atoms with Crippen LogP contribution >= 0.6 is 0 Å². The van der Waals surface area contributed by atoms with Crippen molar-refractivity contribution in [2.24, 2.45) is 0 Å². The van der Waals surface area contributed by atoms with Crippen molar-refractivity contribution in [3.05, 3.63) is 24.0 Å². The molecule has 1 aromatic rings. The zero-order chi connectivity index (χ0) is 13.5. The van der Waals surface area contributed by atoms with E-state index in [-0.39, 0.29) is 12.1 Å². The van der Waals surface area contributed by atoms with E-state index in [1.807, 2.05) is 24.2 Å². The lowest BCUT2D eigenvalue weighted by molar-refractivity contribution is 0.201. The van der Waals surface area contributed by atoms with E-state index in [4.69, 9.17) is 0 Å². The summed E-state index contributed by atoms with van der Waals surface area (Å²) < 4.78 is 0. The number of hydrogen-bond acceptors (Lipinski definition) is 4. The zero-order valence-corrected chi connectivity index (χ0v) is 11.8. The van der Waals surface area contributed by atoms with Crippen LogP contribution in [0.1, 0.15) is 38.9 Å². The maximum atomic E-state index is 9.35. The van der Waals surface area contributed by atoms with Crippen molar-refractivity contribution >= 4 is 5.69 Å². The predicted molar refractivity (Wildman–Crippen MR) is 75.9 cm³/mol. The van der Waals surface area contributed by atoms with Crippen LogP contribution in [0.15, 0.2) is 18.3 Å². The number of aromatic nitrogens is 1. The highest BCUT2D eigenvalue weighted by Crippen LogP contribution is 2.15. The average molecular weight is 251 g/mol. The van der Waals surface area contributed by atoms with Crippen LogP contribution < -0.4 is 10.2 Å². The standard InChI is InChI=1S/C14H25N3O/c1-5-8-15-12(3)14-7-6-13(9-16-14)17(4)10-11(2)18/h6-7,9,11-12,15,18H,5,8,10H2,1-4H3. The summed E-state index contributed by atoms with van der Waals surface area (Å²) in [5.74, 6) is 0. The Kier molecular flexibility index (Phi) is 6.09. The van der Waals surface area contributed by atoms with Crippen LogP contribution in [0, 0.1) is 0 Å². The van der Waals surface area contributed by atoms with Gasteiger partial charge in [0.05, 0.1) is 23.7 Å². The molecule has 1 heterocycles. The lowest BCUT2D eigenvalue weighted by Crippen LogP contribution is -2.27. The number of nitrogens with one attached hydrogen (secondary N) is 1. The van der Waals surface area contributed by atoms with Gasteiger partial charge < -0.3 is 15.3 Å². The summed E-state index contributed by atoms with van der Waals surface area (Å²) in [6.45, 7) is 7.69. The zero-order valence-electron chi connectivity index (χ0n) is 11.8. The smallest absolute Gasteiger partial charge is 0.0686 e. The molecular weight excluding hydrogens is 226 g/mol. The summed E-state index contributed by atoms with van der Waals surface area (Å²) in [7, 11) is 1.96. The van der Waals surface area contributed by atoms with Crippen molar-refractivity contribution in [1.29, 1.82) is 0 Å². The van der Waals surface area contributed by atoms with Gasteiger partial charge in [-0.25, -0.2) is 0 Å². The average Bonchev–Trinajstić information content (AvgIpc) is 2.35. The second-order valence-electron chi connectivity index (χ2n) is 4.85. The Morgan fingerprint density at radius 2 is 2.11 bits per heavy atom. The van der Waals surface area contributed by atoms with E-state index in [9.17, 15) is 5.11 Å². The van der Waals surface area contributed by atoms with Crippen molar-refractivity contribution in [2.45, 2.75) is 39.3 Å². The van der Waals surface area contributed by atoms with Gasteiger partial charge in [-0.15, -0.1) is 0 Å². The number of nitrogens with zero attached hydrogens (tertiary/aromatic N) is 2. The molecule has 1 aromatic heterocycles. The third-order valence-corrected chi connectivity index (χ3v) is 2.89. The minimum absolute atomic E-state index is 0.279. The summed E-state index contributed by atoms with van der Waals surface area (Å²) in [4.78, 5) is 6.48. The Balaban J connectivity index is 2.61. The molecule has 0 saturated carbocycles. The van der Waals surface area contributed by atoms with Crippen molar-refractivity contribution < 1.29 is 5.11 Å². The molecule has 18 heavy (non-hydrogen) atoms. The highest BCUT2D eigenvalue weighted by molar-refractivity contribution is 5.43. The number of rotatable bonds is 7. The van der Waals surface area contributed by atoms with Crippen LogP contribution in [0.3, 0.4) is 0 Å². The molecule has 2 atom stereocenters. The van der Waals surface area contributed by atoms with E-state index in [0.717, 1.165) is 24.3 Å². The Bertz CT molecular complexity index is 337. The first-order valence-corrected chi connectivity index (χ1v) is 6.63. The second-order valence-corrected chi connectivity index (χ2v) is 4.85. The molecule has 0 aliphatic heterocycles. The van der Waals surface area contributed by atoms with E-state index in [2.05, 4.69) is 30.2 Å². The van der Waals surface area contributed by atoms with Gasteiger partial charge in [-0.3, -0.25) is 4.98 Å². The number of aliphatic hydroxyl groups is 1. The highest BCUT2D eigenvalue weighted by atomic mass is 16.3. The Hall–Kier alpha value is -1.13. The van der Waals surface area contributed by atoms with Gasteiger partial charge in [0.15, 0.2) is 0 Å². The van der Waals surface area contributed by atoms with Gasteiger partial charge in [0.2, 0.25) is 0 Å². The monoisotopic (exact) mass is 251 g/mol. The first kappa shape index (κ1) is 14.9. The maximum Gasteiger partial charge on any atom is 0.0686 e. The second kappa shape index (κ2) is 7.34. The molecule has 2 N–H and O–H groups in total.